The van der Waals surface area contributed by atoms with Gasteiger partial charge in [0.1, 0.15) is 5.82 Å². The number of hydrogen-bond acceptors (Lipinski definition) is 4. The van der Waals surface area contributed by atoms with Crippen molar-refractivity contribution in [2.45, 2.75) is 44.7 Å². The van der Waals surface area contributed by atoms with Crippen molar-refractivity contribution in [2.75, 3.05) is 25.0 Å². The quantitative estimate of drug-likeness (QED) is 0.814. The van der Waals surface area contributed by atoms with Crippen LogP contribution in [0.5, 0.6) is 0 Å². The Kier molecular flexibility index (Phi) is 3.20. The van der Waals surface area contributed by atoms with E-state index in [1.165, 1.54) is 38.8 Å². The summed E-state index contributed by atoms with van der Waals surface area (Å²) in [5.74, 6) is 1.08. The minimum atomic E-state index is 0.658. The van der Waals surface area contributed by atoms with Crippen LogP contribution in [-0.4, -0.2) is 47.1 Å². The van der Waals surface area contributed by atoms with Crippen LogP contribution in [0.3, 0.4) is 0 Å². The van der Waals surface area contributed by atoms with Crippen molar-refractivity contribution in [1.82, 2.24) is 14.9 Å². The normalized spacial score (nSPS) is 22.1. The Labute approximate surface area is 109 Å². The second kappa shape index (κ2) is 4.84. The summed E-state index contributed by atoms with van der Waals surface area (Å²) >= 11 is 0. The minimum absolute atomic E-state index is 0.658. The fourth-order valence-electron chi connectivity index (χ4n) is 2.82. The van der Waals surface area contributed by atoms with Crippen LogP contribution in [0.15, 0.2) is 12.4 Å². The predicted molar refractivity (Wildman–Crippen MR) is 72.8 cm³/mol. The first kappa shape index (κ1) is 11.9. The number of likely N-dealkylation sites (tertiary alicyclic amines) is 1. The molecule has 2 heterocycles. The Morgan fingerprint density at radius 1 is 1.06 bits per heavy atom. The molecule has 3 rings (SSSR count). The van der Waals surface area contributed by atoms with E-state index in [-0.39, 0.29) is 0 Å². The Balaban J connectivity index is 1.77. The largest absolute Gasteiger partial charge is 0.349 e. The number of anilines is 1. The third-order valence-corrected chi connectivity index (χ3v) is 4.05. The Bertz CT molecular complexity index is 391. The fraction of sp³-hybridized carbons (Fsp3) is 0.714. The number of nitrogens with zero attached hydrogens (tertiary/aromatic N) is 4. The molecule has 2 aliphatic rings. The highest BCUT2D eigenvalue weighted by Gasteiger charge is 2.36. The molecule has 0 N–H and O–H groups in total. The van der Waals surface area contributed by atoms with Crippen molar-refractivity contribution in [1.29, 1.82) is 0 Å². The molecule has 1 aromatic heterocycles. The summed E-state index contributed by atoms with van der Waals surface area (Å²) in [4.78, 5) is 13.9. The summed E-state index contributed by atoms with van der Waals surface area (Å²) in [6, 6.07) is 1.38. The van der Waals surface area contributed by atoms with Gasteiger partial charge in [0.2, 0.25) is 0 Å². The van der Waals surface area contributed by atoms with Gasteiger partial charge in [0.05, 0.1) is 18.1 Å². The molecule has 18 heavy (non-hydrogen) atoms. The van der Waals surface area contributed by atoms with E-state index in [9.17, 15) is 0 Å². The third kappa shape index (κ3) is 2.48. The number of aromatic nitrogens is 2. The van der Waals surface area contributed by atoms with Gasteiger partial charge in [0.15, 0.2) is 0 Å². The fourth-order valence-corrected chi connectivity index (χ4v) is 2.82. The second-order valence-electron chi connectivity index (χ2n) is 5.69. The van der Waals surface area contributed by atoms with Crippen LogP contribution in [0.2, 0.25) is 0 Å². The number of hydrogen-bond donors (Lipinski definition) is 0. The molecule has 0 atom stereocenters. The molecule has 98 valence electrons. The molecule has 0 unspecified atom stereocenters. The molecule has 1 saturated carbocycles. The number of rotatable bonds is 3. The molecule has 1 aliphatic carbocycles. The van der Waals surface area contributed by atoms with Crippen LogP contribution in [0.25, 0.3) is 0 Å². The van der Waals surface area contributed by atoms with Gasteiger partial charge in [-0.1, -0.05) is 0 Å². The number of aryl methyl sites for hydroxylation is 1. The highest BCUT2D eigenvalue weighted by Crippen LogP contribution is 2.34. The van der Waals surface area contributed by atoms with Gasteiger partial charge < -0.3 is 9.80 Å². The Hall–Kier alpha value is -1.16. The van der Waals surface area contributed by atoms with Gasteiger partial charge in [-0.05, 0) is 52.7 Å². The first-order valence-corrected chi connectivity index (χ1v) is 6.99. The molecular weight excluding hydrogens is 224 g/mol. The molecule has 0 spiro atoms. The average Bonchev–Trinajstić information content (AvgIpc) is 3.19. The highest BCUT2D eigenvalue weighted by molar-refractivity contribution is 5.41. The lowest BCUT2D eigenvalue weighted by atomic mass is 10.0. The molecule has 1 aliphatic heterocycles. The van der Waals surface area contributed by atoms with E-state index in [1.54, 1.807) is 0 Å². The van der Waals surface area contributed by atoms with Crippen LogP contribution in [0.1, 0.15) is 31.4 Å². The van der Waals surface area contributed by atoms with Crippen molar-refractivity contribution in [2.24, 2.45) is 0 Å². The third-order valence-electron chi connectivity index (χ3n) is 4.05. The standard InChI is InChI=1S/C14H22N4/c1-11-9-16-14(10-15-11)18(12-3-4-12)13-5-7-17(2)8-6-13/h9-10,12-13H,3-8H2,1-2H3. The highest BCUT2D eigenvalue weighted by atomic mass is 15.3. The zero-order valence-corrected chi connectivity index (χ0v) is 11.3. The maximum absolute atomic E-state index is 4.58. The molecule has 1 saturated heterocycles. The maximum atomic E-state index is 4.58. The van der Waals surface area contributed by atoms with Crippen molar-refractivity contribution in [3.63, 3.8) is 0 Å². The first-order chi connectivity index (χ1) is 8.74. The van der Waals surface area contributed by atoms with Gasteiger partial charge in [-0.3, -0.25) is 4.98 Å². The molecule has 4 nitrogen and oxygen atoms in total. The van der Waals surface area contributed by atoms with Gasteiger partial charge >= 0.3 is 0 Å². The molecule has 0 aromatic carbocycles. The molecule has 0 radical (unpaired) electrons. The summed E-state index contributed by atoms with van der Waals surface area (Å²) in [6.07, 6.45) is 8.99. The predicted octanol–water partition coefficient (Wildman–Crippen LogP) is 1.85. The lowest BCUT2D eigenvalue weighted by molar-refractivity contribution is 0.248. The van der Waals surface area contributed by atoms with Crippen molar-refractivity contribution in [3.8, 4) is 0 Å². The summed E-state index contributed by atoms with van der Waals surface area (Å²) in [5, 5.41) is 0. The topological polar surface area (TPSA) is 32.3 Å². The average molecular weight is 246 g/mol. The van der Waals surface area contributed by atoms with E-state index >= 15 is 0 Å². The van der Waals surface area contributed by atoms with E-state index in [0.29, 0.717) is 6.04 Å². The second-order valence-corrected chi connectivity index (χ2v) is 5.69. The lowest BCUT2D eigenvalue weighted by Crippen LogP contribution is -2.45. The van der Waals surface area contributed by atoms with Gasteiger partial charge in [-0.15, -0.1) is 0 Å². The smallest absolute Gasteiger partial charge is 0.147 e. The summed E-state index contributed by atoms with van der Waals surface area (Å²) in [7, 11) is 2.21. The molecule has 1 aromatic rings. The van der Waals surface area contributed by atoms with E-state index in [2.05, 4.69) is 26.8 Å². The number of piperidine rings is 1. The van der Waals surface area contributed by atoms with Crippen LogP contribution >= 0.6 is 0 Å². The van der Waals surface area contributed by atoms with E-state index in [4.69, 9.17) is 0 Å². The van der Waals surface area contributed by atoms with Crippen LogP contribution in [0, 0.1) is 6.92 Å². The molecule has 0 bridgehead atoms. The van der Waals surface area contributed by atoms with E-state index < -0.39 is 0 Å². The monoisotopic (exact) mass is 246 g/mol. The maximum Gasteiger partial charge on any atom is 0.147 e. The molecular formula is C14H22N4. The SMILES string of the molecule is Cc1cnc(N(C2CC2)C2CCN(C)CC2)cn1. The summed E-state index contributed by atoms with van der Waals surface area (Å²) < 4.78 is 0. The summed E-state index contributed by atoms with van der Waals surface area (Å²) in [5.41, 5.74) is 0.998. The zero-order valence-electron chi connectivity index (χ0n) is 11.3. The van der Waals surface area contributed by atoms with Crippen LogP contribution in [-0.2, 0) is 0 Å². The molecule has 0 amide bonds. The van der Waals surface area contributed by atoms with Crippen LogP contribution in [0.4, 0.5) is 5.82 Å². The van der Waals surface area contributed by atoms with Crippen molar-refractivity contribution < 1.29 is 0 Å². The lowest BCUT2D eigenvalue weighted by Gasteiger charge is -2.38. The minimum Gasteiger partial charge on any atom is -0.349 e. The summed E-state index contributed by atoms with van der Waals surface area (Å²) in [6.45, 7) is 4.40. The molecule has 2 fully saturated rings. The van der Waals surface area contributed by atoms with Crippen molar-refractivity contribution in [3.05, 3.63) is 18.1 Å². The first-order valence-electron chi connectivity index (χ1n) is 6.99. The van der Waals surface area contributed by atoms with E-state index in [1.807, 2.05) is 19.3 Å². The zero-order chi connectivity index (χ0) is 12.5. The van der Waals surface area contributed by atoms with E-state index in [0.717, 1.165) is 17.6 Å². The van der Waals surface area contributed by atoms with Gasteiger partial charge in [-0.25, -0.2) is 4.98 Å². The van der Waals surface area contributed by atoms with Gasteiger partial charge in [0, 0.05) is 12.1 Å². The Morgan fingerprint density at radius 3 is 2.28 bits per heavy atom. The van der Waals surface area contributed by atoms with Gasteiger partial charge in [-0.2, -0.15) is 0 Å². The Morgan fingerprint density at radius 2 is 1.72 bits per heavy atom. The van der Waals surface area contributed by atoms with Gasteiger partial charge in [0.25, 0.3) is 0 Å². The van der Waals surface area contributed by atoms with Crippen LogP contribution < -0.4 is 4.90 Å². The van der Waals surface area contributed by atoms with Crippen molar-refractivity contribution >= 4 is 5.82 Å². The molecule has 4 heteroatoms.